The van der Waals surface area contributed by atoms with Crippen LogP contribution in [0.15, 0.2) is 53.4 Å². The summed E-state index contributed by atoms with van der Waals surface area (Å²) in [5.41, 5.74) is 2.12. The summed E-state index contributed by atoms with van der Waals surface area (Å²) in [6.45, 7) is 5.52. The first-order valence-corrected chi connectivity index (χ1v) is 12.2. The lowest BCUT2D eigenvalue weighted by atomic mass is 10.1. The molecule has 3 rings (SSSR count). The molecule has 10 heteroatoms. The Bertz CT molecular complexity index is 1080. The number of carbonyl (C=O) groups excluding carboxylic acids is 2. The van der Waals surface area contributed by atoms with Gasteiger partial charge in [-0.2, -0.15) is 0 Å². The molecule has 178 valence electrons. The molecule has 1 heterocycles. The number of rotatable bonds is 7. The Labute approximate surface area is 194 Å². The van der Waals surface area contributed by atoms with E-state index < -0.39 is 10.0 Å². The predicted molar refractivity (Wildman–Crippen MR) is 124 cm³/mol. The summed E-state index contributed by atoms with van der Waals surface area (Å²) < 4.78 is 31.7. The third-order valence-corrected chi connectivity index (χ3v) is 6.70. The van der Waals surface area contributed by atoms with Crippen molar-refractivity contribution >= 4 is 22.0 Å². The molecule has 3 N–H and O–H groups in total. The minimum absolute atomic E-state index is 0.00914. The summed E-state index contributed by atoms with van der Waals surface area (Å²) in [6, 6.07) is 13.1. The molecule has 2 atom stereocenters. The van der Waals surface area contributed by atoms with Crippen molar-refractivity contribution in [2.75, 3.05) is 20.1 Å². The largest absolute Gasteiger partial charge is 0.372 e. The number of nitrogens with one attached hydrogen (secondary N) is 3. The number of amides is 3. The highest BCUT2D eigenvalue weighted by Crippen LogP contribution is 2.15. The molecule has 2 aromatic rings. The number of carbonyl (C=O) groups is 2. The molecule has 0 radical (unpaired) electrons. The van der Waals surface area contributed by atoms with Crippen molar-refractivity contribution in [3.63, 3.8) is 0 Å². The zero-order valence-electron chi connectivity index (χ0n) is 19.0. The maximum absolute atomic E-state index is 12.7. The first-order valence-electron chi connectivity index (χ1n) is 10.8. The van der Waals surface area contributed by atoms with E-state index in [1.807, 2.05) is 26.0 Å². The van der Waals surface area contributed by atoms with Crippen molar-refractivity contribution in [3.8, 4) is 0 Å². The van der Waals surface area contributed by atoms with Gasteiger partial charge in [0.15, 0.2) is 0 Å². The molecule has 33 heavy (non-hydrogen) atoms. The van der Waals surface area contributed by atoms with Crippen LogP contribution in [0.2, 0.25) is 0 Å². The predicted octanol–water partition coefficient (Wildman–Crippen LogP) is 1.84. The number of hydrogen-bond acceptors (Lipinski definition) is 5. The third kappa shape index (κ3) is 6.77. The summed E-state index contributed by atoms with van der Waals surface area (Å²) in [7, 11) is -2.19. The van der Waals surface area contributed by atoms with Crippen LogP contribution >= 0.6 is 0 Å². The van der Waals surface area contributed by atoms with Crippen molar-refractivity contribution in [1.82, 2.24) is 20.3 Å². The van der Waals surface area contributed by atoms with Crippen LogP contribution in [0, 0.1) is 0 Å². The fourth-order valence-corrected chi connectivity index (χ4v) is 4.46. The summed E-state index contributed by atoms with van der Waals surface area (Å²) in [5, 5.41) is 5.47. The highest BCUT2D eigenvalue weighted by Gasteiger charge is 2.26. The van der Waals surface area contributed by atoms with Crippen molar-refractivity contribution in [2.45, 2.75) is 44.0 Å². The van der Waals surface area contributed by atoms with Crippen LogP contribution in [0.25, 0.3) is 0 Å². The molecule has 9 nitrogen and oxygen atoms in total. The highest BCUT2D eigenvalue weighted by atomic mass is 32.2. The first kappa shape index (κ1) is 24.7. The lowest BCUT2D eigenvalue weighted by molar-refractivity contribution is -0.0586. The Kier molecular flexibility index (Phi) is 8.06. The second-order valence-electron chi connectivity index (χ2n) is 8.06. The van der Waals surface area contributed by atoms with E-state index in [-0.39, 0.29) is 35.6 Å². The van der Waals surface area contributed by atoms with Gasteiger partial charge in [0.1, 0.15) is 0 Å². The van der Waals surface area contributed by atoms with Gasteiger partial charge in [0, 0.05) is 31.7 Å². The van der Waals surface area contributed by atoms with Crippen LogP contribution in [-0.4, -0.2) is 57.6 Å². The summed E-state index contributed by atoms with van der Waals surface area (Å²) in [4.78, 5) is 26.8. The molecular weight excluding hydrogens is 444 g/mol. The monoisotopic (exact) mass is 474 g/mol. The zero-order chi connectivity index (χ0) is 24.0. The van der Waals surface area contributed by atoms with Crippen LogP contribution in [0.1, 0.15) is 35.3 Å². The van der Waals surface area contributed by atoms with E-state index >= 15 is 0 Å². The lowest BCUT2D eigenvalue weighted by Gasteiger charge is -2.35. The number of benzene rings is 2. The van der Waals surface area contributed by atoms with Gasteiger partial charge in [-0.3, -0.25) is 4.79 Å². The number of morpholine rings is 1. The van der Waals surface area contributed by atoms with Crippen molar-refractivity contribution in [3.05, 3.63) is 65.2 Å². The number of ether oxygens (including phenoxy) is 1. The van der Waals surface area contributed by atoms with Crippen molar-refractivity contribution in [1.29, 1.82) is 0 Å². The lowest BCUT2D eigenvalue weighted by Crippen LogP contribution is -2.48. The van der Waals surface area contributed by atoms with Crippen LogP contribution < -0.4 is 15.4 Å². The molecule has 2 unspecified atom stereocenters. The molecule has 0 aromatic heterocycles. The first-order chi connectivity index (χ1) is 15.7. The molecule has 0 saturated carbocycles. The van der Waals surface area contributed by atoms with Crippen molar-refractivity contribution < 1.29 is 22.7 Å². The molecule has 0 spiro atoms. The van der Waals surface area contributed by atoms with E-state index in [0.717, 1.165) is 5.56 Å². The van der Waals surface area contributed by atoms with Crippen molar-refractivity contribution in [2.24, 2.45) is 0 Å². The van der Waals surface area contributed by atoms with E-state index in [2.05, 4.69) is 15.4 Å². The molecule has 2 aromatic carbocycles. The van der Waals surface area contributed by atoms with Gasteiger partial charge in [-0.05, 0) is 56.3 Å². The van der Waals surface area contributed by atoms with Gasteiger partial charge in [0.25, 0.3) is 5.91 Å². The fourth-order valence-electron chi connectivity index (χ4n) is 3.66. The quantitative estimate of drug-likeness (QED) is 0.566. The molecule has 1 aliphatic rings. The van der Waals surface area contributed by atoms with Gasteiger partial charge in [-0.15, -0.1) is 0 Å². The highest BCUT2D eigenvalue weighted by molar-refractivity contribution is 7.89. The Morgan fingerprint density at radius 1 is 0.970 bits per heavy atom. The average Bonchev–Trinajstić information content (AvgIpc) is 2.81. The van der Waals surface area contributed by atoms with Gasteiger partial charge in [0.05, 0.1) is 17.1 Å². The Morgan fingerprint density at radius 3 is 2.18 bits per heavy atom. The second-order valence-corrected chi connectivity index (χ2v) is 9.94. The Hall–Kier alpha value is -2.95. The smallest absolute Gasteiger partial charge is 0.315 e. The Morgan fingerprint density at radius 2 is 1.58 bits per heavy atom. The topological polar surface area (TPSA) is 117 Å². The maximum Gasteiger partial charge on any atom is 0.315 e. The molecule has 1 aliphatic heterocycles. The van der Waals surface area contributed by atoms with E-state index in [0.29, 0.717) is 30.8 Å². The molecule has 1 saturated heterocycles. The molecular formula is C23H30N4O5S. The Balaban J connectivity index is 1.49. The minimum atomic E-state index is -3.54. The standard InChI is InChI=1S/C23H30N4O5S/c1-16-14-27(15-17(2)32-16)22(28)20-9-7-18(8-10-20)12-25-23(29)26-13-19-5-4-6-21(11-19)33(30,31)24-3/h4-11,16-17,24H,12-15H2,1-3H3,(H2,25,26,29). The zero-order valence-corrected chi connectivity index (χ0v) is 19.8. The number of urea groups is 1. The van der Waals surface area contributed by atoms with Gasteiger partial charge in [0.2, 0.25) is 10.0 Å². The van der Waals surface area contributed by atoms with Gasteiger partial charge in [-0.25, -0.2) is 17.9 Å². The molecule has 0 aliphatic carbocycles. The van der Waals surface area contributed by atoms with Crippen LogP contribution in [0.5, 0.6) is 0 Å². The van der Waals surface area contributed by atoms with E-state index in [1.165, 1.54) is 19.2 Å². The third-order valence-electron chi connectivity index (χ3n) is 5.29. The van der Waals surface area contributed by atoms with E-state index in [1.54, 1.807) is 29.2 Å². The maximum atomic E-state index is 12.7. The molecule has 3 amide bonds. The average molecular weight is 475 g/mol. The normalized spacial score (nSPS) is 18.6. The fraction of sp³-hybridized carbons (Fsp3) is 0.391. The van der Waals surface area contributed by atoms with E-state index in [9.17, 15) is 18.0 Å². The number of sulfonamides is 1. The SMILES string of the molecule is CNS(=O)(=O)c1cccc(CNC(=O)NCc2ccc(C(=O)N3CC(C)OC(C)C3)cc2)c1. The van der Waals surface area contributed by atoms with Crippen LogP contribution in [0.3, 0.4) is 0 Å². The van der Waals surface area contributed by atoms with Crippen LogP contribution in [-0.2, 0) is 27.8 Å². The molecule has 0 bridgehead atoms. The van der Waals surface area contributed by atoms with Gasteiger partial charge < -0.3 is 20.3 Å². The minimum Gasteiger partial charge on any atom is -0.372 e. The van der Waals surface area contributed by atoms with Gasteiger partial charge >= 0.3 is 6.03 Å². The summed E-state index contributed by atoms with van der Waals surface area (Å²) in [5.74, 6) is -0.0308. The summed E-state index contributed by atoms with van der Waals surface area (Å²) >= 11 is 0. The second kappa shape index (κ2) is 10.8. The molecule has 1 fully saturated rings. The van der Waals surface area contributed by atoms with Crippen LogP contribution in [0.4, 0.5) is 4.79 Å². The van der Waals surface area contributed by atoms with E-state index in [4.69, 9.17) is 4.74 Å². The number of hydrogen-bond donors (Lipinski definition) is 3. The summed E-state index contributed by atoms with van der Waals surface area (Å²) in [6.07, 6.45) is 0.0183. The number of nitrogens with zero attached hydrogens (tertiary/aromatic N) is 1. The van der Waals surface area contributed by atoms with Gasteiger partial charge in [-0.1, -0.05) is 24.3 Å².